The van der Waals surface area contributed by atoms with Gasteiger partial charge in [0, 0.05) is 12.6 Å². The number of rotatable bonds is 8. The van der Waals surface area contributed by atoms with Crippen LogP contribution in [0.4, 0.5) is 0 Å². The van der Waals surface area contributed by atoms with Gasteiger partial charge in [0.05, 0.1) is 5.02 Å². The summed E-state index contributed by atoms with van der Waals surface area (Å²) in [7, 11) is 4.05. The van der Waals surface area contributed by atoms with Crippen LogP contribution in [0.1, 0.15) is 31.9 Å². The van der Waals surface area contributed by atoms with E-state index in [2.05, 4.69) is 30.1 Å². The standard InChI is InChI=1S/C15H25ClN2O/c1-5-8-17-12(2)13-6-7-15(14(16)11-13)19-10-9-18(3)4/h6-7,11-12,17H,5,8-10H2,1-4H3. The molecule has 0 aromatic heterocycles. The number of nitrogens with zero attached hydrogens (tertiary/aromatic N) is 1. The molecule has 1 atom stereocenters. The highest BCUT2D eigenvalue weighted by Gasteiger charge is 2.08. The number of hydrogen-bond acceptors (Lipinski definition) is 3. The molecule has 1 aromatic rings. The largest absolute Gasteiger partial charge is 0.491 e. The molecule has 1 rings (SSSR count). The second kappa shape index (κ2) is 8.41. The lowest BCUT2D eigenvalue weighted by Crippen LogP contribution is -2.20. The molecule has 0 fully saturated rings. The first-order valence-corrected chi connectivity index (χ1v) is 7.22. The molecule has 1 aromatic carbocycles. The predicted octanol–water partition coefficient (Wildman–Crippen LogP) is 3.34. The average molecular weight is 285 g/mol. The Morgan fingerprint density at radius 1 is 1.37 bits per heavy atom. The fraction of sp³-hybridized carbons (Fsp3) is 0.600. The van der Waals surface area contributed by atoms with E-state index in [-0.39, 0.29) is 0 Å². The molecular weight excluding hydrogens is 260 g/mol. The minimum absolute atomic E-state index is 0.313. The van der Waals surface area contributed by atoms with Gasteiger partial charge in [0.25, 0.3) is 0 Å². The molecule has 0 saturated carbocycles. The third kappa shape index (κ3) is 5.81. The van der Waals surface area contributed by atoms with E-state index in [1.54, 1.807) is 0 Å². The fourth-order valence-electron chi connectivity index (χ4n) is 1.72. The Balaban J connectivity index is 2.58. The highest BCUT2D eigenvalue weighted by Crippen LogP contribution is 2.27. The Bertz CT molecular complexity index is 382. The Kier molecular flexibility index (Phi) is 7.21. The Morgan fingerprint density at radius 3 is 2.68 bits per heavy atom. The zero-order valence-electron chi connectivity index (χ0n) is 12.4. The molecule has 0 aliphatic rings. The first kappa shape index (κ1) is 16.3. The lowest BCUT2D eigenvalue weighted by atomic mass is 10.1. The zero-order valence-corrected chi connectivity index (χ0v) is 13.1. The molecule has 108 valence electrons. The van der Waals surface area contributed by atoms with Gasteiger partial charge in [-0.1, -0.05) is 24.6 Å². The summed E-state index contributed by atoms with van der Waals surface area (Å²) in [5.74, 6) is 0.759. The van der Waals surface area contributed by atoms with Gasteiger partial charge in [-0.3, -0.25) is 0 Å². The number of ether oxygens (including phenoxy) is 1. The van der Waals surface area contributed by atoms with Crippen molar-refractivity contribution in [2.45, 2.75) is 26.3 Å². The molecule has 0 saturated heterocycles. The summed E-state index contributed by atoms with van der Waals surface area (Å²) < 4.78 is 5.67. The molecule has 0 aliphatic heterocycles. The molecule has 0 spiro atoms. The maximum absolute atomic E-state index is 6.26. The molecule has 0 aliphatic carbocycles. The fourth-order valence-corrected chi connectivity index (χ4v) is 1.96. The monoisotopic (exact) mass is 284 g/mol. The van der Waals surface area contributed by atoms with Crippen LogP contribution in [0.25, 0.3) is 0 Å². The van der Waals surface area contributed by atoms with Crippen molar-refractivity contribution in [1.29, 1.82) is 0 Å². The summed E-state index contributed by atoms with van der Waals surface area (Å²) in [6.07, 6.45) is 1.13. The third-order valence-corrected chi connectivity index (χ3v) is 3.25. The molecule has 1 unspecified atom stereocenters. The Labute approximate surface area is 121 Å². The number of nitrogens with one attached hydrogen (secondary N) is 1. The second-order valence-corrected chi connectivity index (χ2v) is 5.42. The van der Waals surface area contributed by atoms with Crippen molar-refractivity contribution in [3.05, 3.63) is 28.8 Å². The van der Waals surface area contributed by atoms with E-state index >= 15 is 0 Å². The summed E-state index contributed by atoms with van der Waals surface area (Å²) >= 11 is 6.26. The van der Waals surface area contributed by atoms with E-state index < -0.39 is 0 Å². The van der Waals surface area contributed by atoms with Crippen LogP contribution in [0, 0.1) is 0 Å². The summed E-state index contributed by atoms with van der Waals surface area (Å²) in [5.41, 5.74) is 1.19. The van der Waals surface area contributed by atoms with E-state index in [9.17, 15) is 0 Å². The van der Waals surface area contributed by atoms with Gasteiger partial charge in [-0.2, -0.15) is 0 Å². The maximum Gasteiger partial charge on any atom is 0.137 e. The highest BCUT2D eigenvalue weighted by atomic mass is 35.5. The Hall–Kier alpha value is -0.770. The van der Waals surface area contributed by atoms with E-state index in [0.29, 0.717) is 17.7 Å². The lowest BCUT2D eigenvalue weighted by molar-refractivity contribution is 0.261. The number of halogens is 1. The molecular formula is C15H25ClN2O. The van der Waals surface area contributed by atoms with Crippen molar-refractivity contribution in [3.63, 3.8) is 0 Å². The zero-order chi connectivity index (χ0) is 14.3. The van der Waals surface area contributed by atoms with Crippen LogP contribution in [0.2, 0.25) is 5.02 Å². The van der Waals surface area contributed by atoms with Gasteiger partial charge in [-0.05, 0) is 51.7 Å². The van der Waals surface area contributed by atoms with Crippen molar-refractivity contribution < 1.29 is 4.74 Å². The molecule has 0 heterocycles. The van der Waals surface area contributed by atoms with Gasteiger partial charge in [0.1, 0.15) is 12.4 Å². The molecule has 19 heavy (non-hydrogen) atoms. The van der Waals surface area contributed by atoms with E-state index in [1.807, 2.05) is 26.2 Å². The number of likely N-dealkylation sites (N-methyl/N-ethyl adjacent to an activating group) is 1. The van der Waals surface area contributed by atoms with Gasteiger partial charge >= 0.3 is 0 Å². The second-order valence-electron chi connectivity index (χ2n) is 5.02. The molecule has 4 heteroatoms. The molecule has 0 radical (unpaired) electrons. The van der Waals surface area contributed by atoms with E-state index in [1.165, 1.54) is 5.56 Å². The lowest BCUT2D eigenvalue weighted by Gasteiger charge is -2.16. The quantitative estimate of drug-likeness (QED) is 0.792. The van der Waals surface area contributed by atoms with Gasteiger partial charge in [-0.15, -0.1) is 0 Å². The van der Waals surface area contributed by atoms with Gasteiger partial charge < -0.3 is 15.0 Å². The summed E-state index contributed by atoms with van der Waals surface area (Å²) in [6, 6.07) is 6.33. The van der Waals surface area contributed by atoms with Crippen molar-refractivity contribution in [3.8, 4) is 5.75 Å². The topological polar surface area (TPSA) is 24.5 Å². The van der Waals surface area contributed by atoms with Crippen molar-refractivity contribution in [1.82, 2.24) is 10.2 Å². The van der Waals surface area contributed by atoms with Crippen LogP contribution >= 0.6 is 11.6 Å². The molecule has 3 nitrogen and oxygen atoms in total. The van der Waals surface area contributed by atoms with Crippen LogP contribution < -0.4 is 10.1 Å². The van der Waals surface area contributed by atoms with E-state index in [0.717, 1.165) is 25.3 Å². The smallest absolute Gasteiger partial charge is 0.137 e. The summed E-state index contributed by atoms with van der Waals surface area (Å²) in [4.78, 5) is 2.08. The van der Waals surface area contributed by atoms with Crippen molar-refractivity contribution in [2.24, 2.45) is 0 Å². The van der Waals surface area contributed by atoms with Crippen LogP contribution in [-0.4, -0.2) is 38.7 Å². The first-order valence-electron chi connectivity index (χ1n) is 6.85. The Morgan fingerprint density at radius 2 is 2.11 bits per heavy atom. The third-order valence-electron chi connectivity index (χ3n) is 2.95. The van der Waals surface area contributed by atoms with Crippen molar-refractivity contribution in [2.75, 3.05) is 33.8 Å². The van der Waals surface area contributed by atoms with E-state index in [4.69, 9.17) is 16.3 Å². The van der Waals surface area contributed by atoms with Crippen LogP contribution in [0.5, 0.6) is 5.75 Å². The minimum atomic E-state index is 0.313. The first-order chi connectivity index (χ1) is 9.04. The predicted molar refractivity (Wildman–Crippen MR) is 82.2 cm³/mol. The van der Waals surface area contributed by atoms with Gasteiger partial charge in [0.15, 0.2) is 0 Å². The van der Waals surface area contributed by atoms with Crippen molar-refractivity contribution >= 4 is 11.6 Å². The summed E-state index contributed by atoms with van der Waals surface area (Å²) in [5, 5.41) is 4.13. The molecule has 0 amide bonds. The molecule has 0 bridgehead atoms. The average Bonchev–Trinajstić information content (AvgIpc) is 2.37. The van der Waals surface area contributed by atoms with Gasteiger partial charge in [0.2, 0.25) is 0 Å². The number of hydrogen-bond donors (Lipinski definition) is 1. The summed E-state index contributed by atoms with van der Waals surface area (Å²) in [6.45, 7) is 6.85. The SMILES string of the molecule is CCCNC(C)c1ccc(OCCN(C)C)c(Cl)c1. The number of benzene rings is 1. The highest BCUT2D eigenvalue weighted by molar-refractivity contribution is 6.32. The normalized spacial score (nSPS) is 12.7. The van der Waals surface area contributed by atoms with Crippen LogP contribution in [0.3, 0.4) is 0 Å². The van der Waals surface area contributed by atoms with Crippen LogP contribution in [-0.2, 0) is 0 Å². The minimum Gasteiger partial charge on any atom is -0.491 e. The van der Waals surface area contributed by atoms with Crippen LogP contribution in [0.15, 0.2) is 18.2 Å². The molecule has 1 N–H and O–H groups in total. The maximum atomic E-state index is 6.26. The van der Waals surface area contributed by atoms with Gasteiger partial charge in [-0.25, -0.2) is 0 Å².